The lowest BCUT2D eigenvalue weighted by atomic mass is 10.1. The third-order valence-electron chi connectivity index (χ3n) is 8.45. The van der Waals surface area contributed by atoms with Crippen LogP contribution in [-0.2, 0) is 82.8 Å². The highest BCUT2D eigenvalue weighted by Crippen LogP contribution is 2.14. The molecule has 5 aromatic heterocycles. The highest BCUT2D eigenvalue weighted by molar-refractivity contribution is 5.94. The van der Waals surface area contributed by atoms with Crippen molar-refractivity contribution < 1.29 is 47.6 Å². The fourth-order valence-electron chi connectivity index (χ4n) is 4.28. The molecule has 0 spiro atoms. The van der Waals surface area contributed by atoms with Crippen LogP contribution in [0.4, 0.5) is 0 Å². The minimum absolute atomic E-state index is 0.0382. The lowest BCUT2D eigenvalue weighted by molar-refractivity contribution is -0.154. The van der Waals surface area contributed by atoms with Crippen LogP contribution < -0.4 is 0 Å². The Hall–Kier alpha value is -6.27. The van der Waals surface area contributed by atoms with E-state index in [0.717, 1.165) is 51.6 Å². The van der Waals surface area contributed by atoms with Crippen LogP contribution in [-0.4, -0.2) is 144 Å². The molecule has 6 saturated heterocycles. The quantitative estimate of drug-likeness (QED) is 0.101. The number of hydrogen-bond donors (Lipinski definition) is 0. The number of hydrogen-bond acceptors (Lipinski definition) is 19. The summed E-state index contributed by atoms with van der Waals surface area (Å²) in [7, 11) is 9.24. The molecule has 11 rings (SSSR count). The summed E-state index contributed by atoms with van der Waals surface area (Å²) in [6, 6.07) is 0. The average Bonchev–Trinajstić information content (AvgIpc) is 3.72. The predicted molar refractivity (Wildman–Crippen MR) is 242 cm³/mol. The number of esters is 4. The van der Waals surface area contributed by atoms with E-state index in [1.165, 1.54) is 17.5 Å². The summed E-state index contributed by atoms with van der Waals surface area (Å²) in [6.07, 6.45) is 25.7. The minimum Gasteiger partial charge on any atom is -0.463 e. The Kier molecular flexibility index (Phi) is 31.5. The van der Waals surface area contributed by atoms with Gasteiger partial charge < -0.3 is 37.6 Å². The van der Waals surface area contributed by atoms with Crippen LogP contribution in [0, 0.1) is 11.8 Å². The molecule has 67 heavy (non-hydrogen) atoms. The Morgan fingerprint density at radius 2 is 1.21 bits per heavy atom. The molecule has 0 aliphatic carbocycles. The third kappa shape index (κ3) is 36.6. The molecule has 0 radical (unpaired) electrons. The molecule has 5 aromatic rings. The van der Waals surface area contributed by atoms with Crippen LogP contribution in [0.1, 0.15) is 86.5 Å². The van der Waals surface area contributed by atoms with E-state index in [0.29, 0.717) is 25.0 Å². The Balaban J connectivity index is 0.000000370. The number of carbonyl (C=O) groups is 4. The molecule has 0 aromatic carbocycles. The second kappa shape index (κ2) is 35.9. The highest BCUT2D eigenvalue weighted by atomic mass is 16.6. The topological polar surface area (TPSA) is 271 Å². The zero-order chi connectivity index (χ0) is 49.8. The molecule has 5 atom stereocenters. The lowest BCUT2D eigenvalue weighted by Crippen LogP contribution is -2.23. The van der Waals surface area contributed by atoms with Crippen LogP contribution >= 0.6 is 0 Å². The fourth-order valence-corrected chi connectivity index (χ4v) is 4.28. The number of ether oxygens (including phenoxy) is 6. The standard InChI is InChI=1S/C6H10O2.C5H6O3.C5H8O2.C4H6N2.2C4H8O.4C3H5N3.C3H6O/c1-5-3-2-4-6(7)8-5;1-3-2-4(6)8-5(3)7;1-4-2-3-5(6)7-4;1-6-3-2-5-4-6;1-4-2-5-3-4;1-2-4-3-5-4;1-6-2-4-5-3-6;1-6-3-4-2-5-6;1-6-3-2-4-5-6;1-6-4-2-3-5-6;1-3-2-4-3/h5H,2-4H2,1H3;3H,2H2,1H3;4H,2-3H2,1H3;2-4H,1H3;2*4H,2-3H2,1H3;4*2-3H,1H3;3H,2H2,1H3. The van der Waals surface area contributed by atoms with Gasteiger partial charge in [-0.25, -0.2) is 9.97 Å². The molecule has 0 N–H and O–H groups in total. The number of aryl methyl sites for hydroxylation is 5. The summed E-state index contributed by atoms with van der Waals surface area (Å²) in [6.45, 7) is 15.9. The molecular formula is C43H72N14O10. The van der Waals surface area contributed by atoms with Gasteiger partial charge in [0.15, 0.2) is 0 Å². The molecule has 11 heterocycles. The van der Waals surface area contributed by atoms with E-state index in [1.807, 2.05) is 52.8 Å². The Bertz CT molecular complexity index is 1730. The average molecular weight is 945 g/mol. The van der Waals surface area contributed by atoms with Gasteiger partial charge in [-0.3, -0.25) is 28.5 Å². The van der Waals surface area contributed by atoms with Crippen molar-refractivity contribution in [3.05, 3.63) is 68.8 Å². The van der Waals surface area contributed by atoms with Crippen molar-refractivity contribution in [3.8, 4) is 0 Å². The number of cyclic esters (lactones) is 4. The number of nitrogens with zero attached hydrogens (tertiary/aromatic N) is 14. The van der Waals surface area contributed by atoms with Gasteiger partial charge in [-0.15, -0.1) is 15.3 Å². The van der Waals surface area contributed by atoms with Crippen molar-refractivity contribution in [2.24, 2.45) is 47.1 Å². The van der Waals surface area contributed by atoms with Crippen molar-refractivity contribution in [1.29, 1.82) is 0 Å². The summed E-state index contributed by atoms with van der Waals surface area (Å²) < 4.78 is 35.1. The first-order valence-corrected chi connectivity index (χ1v) is 22.0. The van der Waals surface area contributed by atoms with Crippen molar-refractivity contribution >= 4 is 23.9 Å². The zero-order valence-corrected chi connectivity index (χ0v) is 40.9. The molecule has 24 nitrogen and oxygen atoms in total. The van der Waals surface area contributed by atoms with Crippen molar-refractivity contribution in [3.63, 3.8) is 0 Å². The molecule has 0 saturated carbocycles. The van der Waals surface area contributed by atoms with E-state index in [9.17, 15) is 19.2 Å². The summed E-state index contributed by atoms with van der Waals surface area (Å²) in [4.78, 5) is 50.2. The second-order valence-electron chi connectivity index (χ2n) is 15.6. The minimum atomic E-state index is -0.400. The zero-order valence-electron chi connectivity index (χ0n) is 40.9. The summed E-state index contributed by atoms with van der Waals surface area (Å²) in [5.41, 5.74) is 0. The number of aromatic nitrogens is 14. The largest absolute Gasteiger partial charge is 0.463 e. The number of epoxide rings is 2. The van der Waals surface area contributed by atoms with Crippen LogP contribution in [0.3, 0.4) is 0 Å². The van der Waals surface area contributed by atoms with E-state index in [4.69, 9.17) is 23.7 Å². The smallest absolute Gasteiger partial charge is 0.316 e. The monoisotopic (exact) mass is 945 g/mol. The third-order valence-corrected chi connectivity index (χ3v) is 8.45. The van der Waals surface area contributed by atoms with Gasteiger partial charge in [-0.1, -0.05) is 26.0 Å². The van der Waals surface area contributed by atoms with Crippen molar-refractivity contribution in [2.75, 3.05) is 26.4 Å². The molecule has 374 valence electrons. The molecule has 6 aliphatic rings. The normalized spacial score (nSPS) is 20.9. The summed E-state index contributed by atoms with van der Waals surface area (Å²) in [5.74, 6) is -0.258. The first-order chi connectivity index (χ1) is 32.0. The number of imidazole rings is 1. The molecule has 0 bridgehead atoms. The van der Waals surface area contributed by atoms with Gasteiger partial charge in [0, 0.05) is 72.6 Å². The summed E-state index contributed by atoms with van der Waals surface area (Å²) in [5, 5.41) is 25.4. The van der Waals surface area contributed by atoms with E-state index in [2.05, 4.69) is 71.3 Å². The van der Waals surface area contributed by atoms with Crippen molar-refractivity contribution in [2.45, 2.75) is 111 Å². The molecule has 5 unspecified atom stereocenters. The van der Waals surface area contributed by atoms with E-state index < -0.39 is 11.9 Å². The van der Waals surface area contributed by atoms with Gasteiger partial charge >= 0.3 is 23.9 Å². The maximum absolute atomic E-state index is 10.5. The van der Waals surface area contributed by atoms with Gasteiger partial charge in [0.1, 0.15) is 25.3 Å². The van der Waals surface area contributed by atoms with Crippen molar-refractivity contribution in [1.82, 2.24) is 69.1 Å². The first kappa shape index (κ1) is 58.7. The lowest BCUT2D eigenvalue weighted by Gasteiger charge is -2.20. The first-order valence-electron chi connectivity index (χ1n) is 22.0. The van der Waals surface area contributed by atoms with Gasteiger partial charge in [-0.2, -0.15) is 20.1 Å². The SMILES string of the molecule is CC1CC(=O)OC1=O.CC1CCC(=O)O1.CC1CCCC(=O)O1.CC1CO1.CC1COC1.CCC1CO1.Cn1ccnc1.Cn1ccnn1.Cn1cncn1.Cn1cnnc1.Cn1nccn1. The molecule has 24 heteroatoms. The van der Waals surface area contributed by atoms with E-state index in [1.54, 1.807) is 84.2 Å². The number of rotatable bonds is 1. The molecular weight excluding hydrogens is 873 g/mol. The number of carbonyl (C=O) groups excluding carboxylic acids is 4. The van der Waals surface area contributed by atoms with Crippen LogP contribution in [0.25, 0.3) is 0 Å². The van der Waals surface area contributed by atoms with Crippen LogP contribution in [0.15, 0.2) is 68.8 Å². The fraction of sp³-hybridized carbons (Fsp3) is 0.651. The van der Waals surface area contributed by atoms with Gasteiger partial charge in [-0.05, 0) is 46.5 Å². The van der Waals surface area contributed by atoms with E-state index >= 15 is 0 Å². The second-order valence-corrected chi connectivity index (χ2v) is 15.6. The maximum atomic E-state index is 10.5. The van der Waals surface area contributed by atoms with Gasteiger partial charge in [0.25, 0.3) is 0 Å². The Labute approximate surface area is 393 Å². The van der Waals surface area contributed by atoms with Gasteiger partial charge in [0.05, 0.1) is 88.1 Å². The highest BCUT2D eigenvalue weighted by Gasteiger charge is 2.28. The molecule has 6 aliphatic heterocycles. The van der Waals surface area contributed by atoms with E-state index in [-0.39, 0.29) is 36.5 Å². The molecule has 6 fully saturated rings. The summed E-state index contributed by atoms with van der Waals surface area (Å²) >= 11 is 0. The van der Waals surface area contributed by atoms with Crippen LogP contribution in [0.2, 0.25) is 0 Å². The predicted octanol–water partition coefficient (Wildman–Crippen LogP) is 3.44. The van der Waals surface area contributed by atoms with Gasteiger partial charge in [0.2, 0.25) is 0 Å². The molecule has 0 amide bonds. The Morgan fingerprint density at radius 1 is 0.612 bits per heavy atom. The Morgan fingerprint density at radius 3 is 1.36 bits per heavy atom. The maximum Gasteiger partial charge on any atom is 0.316 e. The van der Waals surface area contributed by atoms with Crippen LogP contribution in [0.5, 0.6) is 0 Å².